The summed E-state index contributed by atoms with van der Waals surface area (Å²) < 4.78 is 6.05. The summed E-state index contributed by atoms with van der Waals surface area (Å²) in [6.07, 6.45) is 9.48. The highest BCUT2D eigenvalue weighted by Gasteiger charge is 2.24. The standard InChI is InChI=1S/C24H37N3O2/c25-24(28)22-5-3-12-27(18-22)13-4-14-29-23-9-8-20-15-19(6-7-21(20)16-23)17-26-10-1-2-11-26/h8-9,16,19,22H,1-7,10-15,17-18H2,(H2,25,28). The van der Waals surface area contributed by atoms with Gasteiger partial charge in [0.25, 0.3) is 0 Å². The van der Waals surface area contributed by atoms with Crippen molar-refractivity contribution in [1.82, 2.24) is 9.80 Å². The average molecular weight is 400 g/mol. The van der Waals surface area contributed by atoms with Crippen LogP contribution >= 0.6 is 0 Å². The molecule has 0 radical (unpaired) electrons. The quantitative estimate of drug-likeness (QED) is 0.683. The van der Waals surface area contributed by atoms with Crippen LogP contribution in [-0.2, 0) is 17.6 Å². The normalized spacial score (nSPS) is 25.7. The molecule has 0 saturated carbocycles. The molecule has 2 heterocycles. The molecule has 0 spiro atoms. The van der Waals surface area contributed by atoms with Gasteiger partial charge >= 0.3 is 0 Å². The Labute approximate surface area is 175 Å². The first kappa shape index (κ1) is 20.7. The molecule has 160 valence electrons. The third-order valence-electron chi connectivity index (χ3n) is 7.02. The third-order valence-corrected chi connectivity index (χ3v) is 7.02. The van der Waals surface area contributed by atoms with E-state index in [0.717, 1.165) is 57.2 Å². The fourth-order valence-electron chi connectivity index (χ4n) is 5.35. The number of fused-ring (bicyclic) bond motifs is 1. The van der Waals surface area contributed by atoms with E-state index in [9.17, 15) is 4.79 Å². The van der Waals surface area contributed by atoms with E-state index in [1.54, 1.807) is 0 Å². The zero-order valence-electron chi connectivity index (χ0n) is 17.8. The smallest absolute Gasteiger partial charge is 0.221 e. The molecular formula is C24H37N3O2. The molecular weight excluding hydrogens is 362 g/mol. The summed E-state index contributed by atoms with van der Waals surface area (Å²) in [5.41, 5.74) is 8.49. The van der Waals surface area contributed by atoms with Crippen molar-refractivity contribution in [3.63, 3.8) is 0 Å². The second-order valence-corrected chi connectivity index (χ2v) is 9.29. The molecule has 2 saturated heterocycles. The van der Waals surface area contributed by atoms with Gasteiger partial charge in [0.2, 0.25) is 5.91 Å². The zero-order valence-corrected chi connectivity index (χ0v) is 17.8. The number of piperidine rings is 1. The lowest BCUT2D eigenvalue weighted by molar-refractivity contribution is -0.123. The number of likely N-dealkylation sites (tertiary alicyclic amines) is 2. The lowest BCUT2D eigenvalue weighted by Gasteiger charge is -2.31. The molecule has 2 atom stereocenters. The Morgan fingerprint density at radius 1 is 1.07 bits per heavy atom. The summed E-state index contributed by atoms with van der Waals surface area (Å²) >= 11 is 0. The summed E-state index contributed by atoms with van der Waals surface area (Å²) in [6.45, 7) is 7.48. The van der Waals surface area contributed by atoms with E-state index in [-0.39, 0.29) is 11.8 Å². The maximum atomic E-state index is 11.4. The summed E-state index contributed by atoms with van der Waals surface area (Å²) in [5.74, 6) is 1.71. The Hall–Kier alpha value is -1.59. The van der Waals surface area contributed by atoms with Crippen molar-refractivity contribution in [3.05, 3.63) is 29.3 Å². The average Bonchev–Trinajstić information content (AvgIpc) is 3.24. The topological polar surface area (TPSA) is 58.8 Å². The van der Waals surface area contributed by atoms with E-state index < -0.39 is 0 Å². The highest BCUT2D eigenvalue weighted by Crippen LogP contribution is 2.30. The molecule has 1 aromatic carbocycles. The Kier molecular flexibility index (Phi) is 7.09. The molecule has 2 unspecified atom stereocenters. The summed E-state index contributed by atoms with van der Waals surface area (Å²) in [7, 11) is 0. The minimum absolute atomic E-state index is 0.0274. The highest BCUT2D eigenvalue weighted by atomic mass is 16.5. The molecule has 3 aliphatic rings. The van der Waals surface area contributed by atoms with E-state index in [4.69, 9.17) is 10.5 Å². The number of hydrogen-bond acceptors (Lipinski definition) is 4. The molecule has 1 amide bonds. The minimum Gasteiger partial charge on any atom is -0.494 e. The Bertz CT molecular complexity index is 687. The lowest BCUT2D eigenvalue weighted by Crippen LogP contribution is -2.41. The van der Waals surface area contributed by atoms with Gasteiger partial charge in [-0.2, -0.15) is 0 Å². The van der Waals surface area contributed by atoms with Gasteiger partial charge in [0.05, 0.1) is 12.5 Å². The largest absolute Gasteiger partial charge is 0.494 e. The van der Waals surface area contributed by atoms with Gasteiger partial charge in [0, 0.05) is 19.6 Å². The third kappa shape index (κ3) is 5.73. The van der Waals surface area contributed by atoms with Crippen molar-refractivity contribution in [1.29, 1.82) is 0 Å². The van der Waals surface area contributed by atoms with Crippen LogP contribution in [0.3, 0.4) is 0 Å². The van der Waals surface area contributed by atoms with Gasteiger partial charge in [-0.15, -0.1) is 0 Å². The number of aryl methyl sites for hydroxylation is 1. The fourth-order valence-corrected chi connectivity index (χ4v) is 5.35. The molecule has 2 fully saturated rings. The van der Waals surface area contributed by atoms with Gasteiger partial charge < -0.3 is 20.3 Å². The molecule has 1 aliphatic carbocycles. The second-order valence-electron chi connectivity index (χ2n) is 9.29. The predicted molar refractivity (Wildman–Crippen MR) is 116 cm³/mol. The number of amides is 1. The van der Waals surface area contributed by atoms with Crippen molar-refractivity contribution < 1.29 is 9.53 Å². The first-order valence-electron chi connectivity index (χ1n) is 11.7. The van der Waals surface area contributed by atoms with Crippen LogP contribution in [0.1, 0.15) is 49.7 Å². The van der Waals surface area contributed by atoms with Crippen molar-refractivity contribution in [2.45, 2.75) is 51.4 Å². The van der Waals surface area contributed by atoms with Crippen molar-refractivity contribution >= 4 is 5.91 Å². The van der Waals surface area contributed by atoms with Gasteiger partial charge in [0.1, 0.15) is 5.75 Å². The highest BCUT2D eigenvalue weighted by molar-refractivity contribution is 5.76. The van der Waals surface area contributed by atoms with E-state index >= 15 is 0 Å². The number of nitrogens with two attached hydrogens (primary N) is 1. The van der Waals surface area contributed by atoms with E-state index in [1.807, 2.05) is 0 Å². The maximum Gasteiger partial charge on any atom is 0.221 e. The van der Waals surface area contributed by atoms with Crippen LogP contribution in [0.4, 0.5) is 0 Å². The fraction of sp³-hybridized carbons (Fsp3) is 0.708. The molecule has 5 nitrogen and oxygen atoms in total. The first-order valence-corrected chi connectivity index (χ1v) is 11.7. The number of carbonyl (C=O) groups excluding carboxylic acids is 1. The van der Waals surface area contributed by atoms with Gasteiger partial charge in [-0.3, -0.25) is 4.79 Å². The second kappa shape index (κ2) is 9.94. The molecule has 1 aromatic rings. The molecule has 0 bridgehead atoms. The van der Waals surface area contributed by atoms with Crippen LogP contribution in [-0.4, -0.2) is 61.6 Å². The number of rotatable bonds is 8. The number of benzene rings is 1. The lowest BCUT2D eigenvalue weighted by atomic mass is 9.83. The monoisotopic (exact) mass is 399 g/mol. The predicted octanol–water partition coefficient (Wildman–Crippen LogP) is 2.85. The van der Waals surface area contributed by atoms with Crippen LogP contribution in [0.15, 0.2) is 18.2 Å². The summed E-state index contributed by atoms with van der Waals surface area (Å²) in [5, 5.41) is 0. The van der Waals surface area contributed by atoms with E-state index in [1.165, 1.54) is 62.9 Å². The maximum absolute atomic E-state index is 11.4. The molecule has 2 N–H and O–H groups in total. The van der Waals surface area contributed by atoms with Crippen LogP contribution in [0, 0.1) is 11.8 Å². The van der Waals surface area contributed by atoms with Gasteiger partial charge in [0.15, 0.2) is 0 Å². The number of primary amides is 1. The first-order chi connectivity index (χ1) is 14.2. The number of nitrogens with zero attached hydrogens (tertiary/aromatic N) is 2. The van der Waals surface area contributed by atoms with Crippen molar-refractivity contribution in [3.8, 4) is 5.75 Å². The van der Waals surface area contributed by atoms with Gasteiger partial charge in [-0.1, -0.05) is 6.07 Å². The number of carbonyl (C=O) groups is 1. The summed E-state index contributed by atoms with van der Waals surface area (Å²) in [6, 6.07) is 6.72. The van der Waals surface area contributed by atoms with Crippen LogP contribution in [0.5, 0.6) is 5.75 Å². The van der Waals surface area contributed by atoms with Crippen molar-refractivity contribution in [2.75, 3.05) is 45.9 Å². The molecule has 5 heteroatoms. The molecule has 0 aromatic heterocycles. The van der Waals surface area contributed by atoms with Crippen molar-refractivity contribution in [2.24, 2.45) is 17.6 Å². The number of hydrogen-bond donors (Lipinski definition) is 1. The minimum atomic E-state index is -0.150. The zero-order chi connectivity index (χ0) is 20.1. The van der Waals surface area contributed by atoms with Crippen LogP contribution in [0.2, 0.25) is 0 Å². The van der Waals surface area contributed by atoms with Gasteiger partial charge in [-0.25, -0.2) is 0 Å². The molecule has 2 aliphatic heterocycles. The Morgan fingerprint density at radius 3 is 2.72 bits per heavy atom. The summed E-state index contributed by atoms with van der Waals surface area (Å²) in [4.78, 5) is 16.4. The van der Waals surface area contributed by atoms with E-state index in [2.05, 4.69) is 28.0 Å². The SMILES string of the molecule is NC(=O)C1CCCN(CCCOc2ccc3c(c2)CCC(CN2CCCC2)C3)C1. The van der Waals surface area contributed by atoms with E-state index in [0.29, 0.717) is 0 Å². The van der Waals surface area contributed by atoms with Gasteiger partial charge in [-0.05, 0) is 100 Å². The number of ether oxygens (including phenoxy) is 1. The Morgan fingerprint density at radius 2 is 1.90 bits per heavy atom. The Balaban J connectivity index is 1.19. The molecule has 29 heavy (non-hydrogen) atoms. The van der Waals surface area contributed by atoms with Crippen LogP contribution in [0.25, 0.3) is 0 Å². The molecule has 4 rings (SSSR count). The van der Waals surface area contributed by atoms with Crippen LogP contribution < -0.4 is 10.5 Å².